The van der Waals surface area contributed by atoms with Gasteiger partial charge in [-0.15, -0.1) is 0 Å². The predicted molar refractivity (Wildman–Crippen MR) is 100 cm³/mol. The van der Waals surface area contributed by atoms with Gasteiger partial charge in [0.1, 0.15) is 0 Å². The summed E-state index contributed by atoms with van der Waals surface area (Å²) in [6, 6.07) is 1.00. The topological polar surface area (TPSA) is 3.24 Å². The van der Waals surface area contributed by atoms with Gasteiger partial charge in [-0.05, 0) is 61.4 Å². The Morgan fingerprint density at radius 1 is 0.938 bits per heavy atom. The second-order valence-corrected chi connectivity index (χ2v) is 8.45. The van der Waals surface area contributed by atoms with Crippen LogP contribution in [0.2, 0.25) is 0 Å². The van der Waals surface area contributed by atoms with E-state index in [1.54, 1.807) is 4.90 Å². The van der Waals surface area contributed by atoms with Gasteiger partial charge in [-0.2, -0.15) is 39.5 Å². The Labute approximate surface area is 179 Å². The molecular formula is C22H22F9N. The van der Waals surface area contributed by atoms with Gasteiger partial charge in [-0.1, -0.05) is 25.2 Å². The summed E-state index contributed by atoms with van der Waals surface area (Å²) in [5.41, 5.74) is -3.57. The van der Waals surface area contributed by atoms with Gasteiger partial charge in [0.15, 0.2) is 0 Å². The summed E-state index contributed by atoms with van der Waals surface area (Å²) in [5.74, 6) is -0.176. The largest absolute Gasteiger partial charge is 0.416 e. The normalized spacial score (nSPS) is 25.7. The number of nitrogens with zero attached hydrogens (tertiary/aromatic N) is 1. The first-order valence-electron chi connectivity index (χ1n) is 10.1. The van der Waals surface area contributed by atoms with Crippen molar-refractivity contribution in [2.75, 3.05) is 6.54 Å². The number of alkyl halides is 9. The van der Waals surface area contributed by atoms with Gasteiger partial charge in [0.2, 0.25) is 0 Å². The lowest BCUT2D eigenvalue weighted by Gasteiger charge is -2.43. The lowest BCUT2D eigenvalue weighted by molar-refractivity contribution is -0.142. The van der Waals surface area contributed by atoms with E-state index in [0.29, 0.717) is 37.6 Å². The molecule has 32 heavy (non-hydrogen) atoms. The smallest absolute Gasteiger partial charge is 0.296 e. The highest BCUT2D eigenvalue weighted by Gasteiger charge is 2.40. The molecule has 1 aliphatic carbocycles. The minimum Gasteiger partial charge on any atom is -0.296 e. The van der Waals surface area contributed by atoms with Crippen molar-refractivity contribution >= 4 is 0 Å². The first kappa shape index (κ1) is 24.7. The molecule has 3 atom stereocenters. The Morgan fingerprint density at radius 2 is 1.62 bits per heavy atom. The van der Waals surface area contributed by atoms with Gasteiger partial charge < -0.3 is 0 Å². The van der Waals surface area contributed by atoms with Gasteiger partial charge in [0.25, 0.3) is 0 Å². The van der Waals surface area contributed by atoms with Gasteiger partial charge in [0, 0.05) is 12.6 Å². The highest BCUT2D eigenvalue weighted by Crippen LogP contribution is 2.40. The summed E-state index contributed by atoms with van der Waals surface area (Å²) < 4.78 is 118. The lowest BCUT2D eigenvalue weighted by Crippen LogP contribution is -2.46. The molecule has 2 aliphatic rings. The van der Waals surface area contributed by atoms with Crippen LogP contribution in [0, 0.1) is 11.8 Å². The molecule has 2 unspecified atom stereocenters. The molecule has 10 heteroatoms. The third kappa shape index (κ3) is 5.68. The number of halogens is 9. The molecule has 0 saturated carbocycles. The number of hydrogen-bond acceptors (Lipinski definition) is 1. The fourth-order valence-electron chi connectivity index (χ4n) is 4.40. The van der Waals surface area contributed by atoms with Crippen molar-refractivity contribution in [2.45, 2.75) is 57.3 Å². The lowest BCUT2D eigenvalue weighted by atomic mass is 9.80. The molecule has 1 aliphatic heterocycles. The van der Waals surface area contributed by atoms with Crippen LogP contribution in [0.1, 0.15) is 42.9 Å². The Kier molecular flexibility index (Phi) is 6.75. The molecule has 1 nitrogen and oxygen atoms in total. The quantitative estimate of drug-likeness (QED) is 0.416. The van der Waals surface area contributed by atoms with Crippen molar-refractivity contribution in [1.82, 2.24) is 4.90 Å². The standard InChI is InChI=1S/C22H22F9N/c1-13-8-9-32(19(10-13)14-2-4-16(5-3-14)20(23,24)25)12-15-11-17(21(26,27)28)6-7-18(15)22(29,30)31/h2,4-7,11,13-14,19H,3,8-10,12H2,1H3/t13?,14?,19-/m1/s1. The van der Waals surface area contributed by atoms with Crippen molar-refractivity contribution in [3.63, 3.8) is 0 Å². The van der Waals surface area contributed by atoms with E-state index in [1.807, 2.05) is 6.92 Å². The van der Waals surface area contributed by atoms with E-state index in [0.717, 1.165) is 12.2 Å². The van der Waals surface area contributed by atoms with E-state index >= 15 is 0 Å². The van der Waals surface area contributed by atoms with E-state index in [-0.39, 0.29) is 30.8 Å². The van der Waals surface area contributed by atoms with Crippen molar-refractivity contribution in [3.8, 4) is 0 Å². The third-order valence-corrected chi connectivity index (χ3v) is 6.09. The maximum atomic E-state index is 13.5. The molecule has 0 radical (unpaired) electrons. The average molecular weight is 471 g/mol. The zero-order chi connectivity index (χ0) is 23.9. The molecular weight excluding hydrogens is 449 g/mol. The Bertz CT molecular complexity index is 877. The summed E-state index contributed by atoms with van der Waals surface area (Å²) in [7, 11) is 0. The molecule has 178 valence electrons. The van der Waals surface area contributed by atoms with Crippen molar-refractivity contribution < 1.29 is 39.5 Å². The van der Waals surface area contributed by atoms with Crippen LogP contribution >= 0.6 is 0 Å². The monoisotopic (exact) mass is 471 g/mol. The number of allylic oxidation sites excluding steroid dienone is 3. The van der Waals surface area contributed by atoms with Crippen LogP contribution in [0.25, 0.3) is 0 Å². The van der Waals surface area contributed by atoms with E-state index in [2.05, 4.69) is 0 Å². The first-order chi connectivity index (χ1) is 14.7. The summed E-state index contributed by atoms with van der Waals surface area (Å²) in [6.07, 6.45) is -9.43. The Balaban J connectivity index is 1.90. The molecule has 0 N–H and O–H groups in total. The van der Waals surface area contributed by atoms with Crippen molar-refractivity contribution in [2.24, 2.45) is 11.8 Å². The molecule has 0 bridgehead atoms. The van der Waals surface area contributed by atoms with E-state index in [4.69, 9.17) is 0 Å². The summed E-state index contributed by atoms with van der Waals surface area (Å²) in [6.45, 7) is 1.93. The van der Waals surface area contributed by atoms with Crippen LogP contribution in [0.5, 0.6) is 0 Å². The van der Waals surface area contributed by atoms with Crippen LogP contribution in [0.4, 0.5) is 39.5 Å². The van der Waals surface area contributed by atoms with Gasteiger partial charge in [-0.3, -0.25) is 4.90 Å². The molecule has 1 aromatic carbocycles. The first-order valence-corrected chi connectivity index (χ1v) is 10.1. The molecule has 1 saturated heterocycles. The molecule has 3 rings (SSSR count). The number of rotatable bonds is 3. The van der Waals surface area contributed by atoms with Crippen LogP contribution in [-0.2, 0) is 18.9 Å². The van der Waals surface area contributed by atoms with E-state index in [9.17, 15) is 39.5 Å². The van der Waals surface area contributed by atoms with E-state index < -0.39 is 40.8 Å². The van der Waals surface area contributed by atoms with Crippen LogP contribution in [0.15, 0.2) is 42.0 Å². The van der Waals surface area contributed by atoms with Gasteiger partial charge in [-0.25, -0.2) is 0 Å². The molecule has 0 amide bonds. The van der Waals surface area contributed by atoms with Crippen molar-refractivity contribution in [1.29, 1.82) is 0 Å². The molecule has 1 heterocycles. The number of likely N-dealkylation sites (tertiary alicyclic amines) is 1. The third-order valence-electron chi connectivity index (χ3n) is 6.09. The van der Waals surface area contributed by atoms with E-state index in [1.165, 1.54) is 6.08 Å². The second kappa shape index (κ2) is 8.76. The van der Waals surface area contributed by atoms with Crippen LogP contribution in [-0.4, -0.2) is 23.7 Å². The SMILES string of the molecule is CC1CCN(Cc2cc(C(F)(F)F)ccc2C(F)(F)F)[C@@H](C2C=CC(C(F)(F)F)=CC2)C1. The molecule has 1 fully saturated rings. The Hall–Kier alpha value is -1.97. The highest BCUT2D eigenvalue weighted by molar-refractivity contribution is 5.36. The number of benzene rings is 1. The summed E-state index contributed by atoms with van der Waals surface area (Å²) in [4.78, 5) is 1.67. The fraction of sp³-hybridized carbons (Fsp3) is 0.545. The number of piperidine rings is 1. The molecule has 1 aromatic rings. The van der Waals surface area contributed by atoms with Gasteiger partial charge >= 0.3 is 18.5 Å². The zero-order valence-electron chi connectivity index (χ0n) is 17.1. The maximum absolute atomic E-state index is 13.5. The fourth-order valence-corrected chi connectivity index (χ4v) is 4.40. The minimum absolute atomic E-state index is 0.0634. The number of hydrogen-bond donors (Lipinski definition) is 0. The molecule has 0 spiro atoms. The second-order valence-electron chi connectivity index (χ2n) is 8.45. The predicted octanol–water partition coefficient (Wildman–Crippen LogP) is 7.39. The average Bonchev–Trinajstić information content (AvgIpc) is 2.67. The zero-order valence-corrected chi connectivity index (χ0v) is 17.1. The molecule has 0 aromatic heterocycles. The van der Waals surface area contributed by atoms with Crippen LogP contribution < -0.4 is 0 Å². The Morgan fingerprint density at radius 3 is 2.16 bits per heavy atom. The van der Waals surface area contributed by atoms with Gasteiger partial charge in [0.05, 0.1) is 16.7 Å². The highest BCUT2D eigenvalue weighted by atomic mass is 19.4. The van der Waals surface area contributed by atoms with Crippen LogP contribution in [0.3, 0.4) is 0 Å². The summed E-state index contributed by atoms with van der Waals surface area (Å²) >= 11 is 0. The van der Waals surface area contributed by atoms with Crippen molar-refractivity contribution in [3.05, 3.63) is 58.7 Å². The maximum Gasteiger partial charge on any atom is 0.416 e. The summed E-state index contributed by atoms with van der Waals surface area (Å²) in [5, 5.41) is 0. The minimum atomic E-state index is -4.83.